The number of H-pyrrole nitrogens is 1. The third-order valence-corrected chi connectivity index (χ3v) is 5.47. The number of nitrogens with zero attached hydrogens (tertiary/aromatic N) is 2. The van der Waals surface area contributed by atoms with Gasteiger partial charge >= 0.3 is 12.1 Å². The normalized spacial score (nSPS) is 12.8. The molecule has 1 aliphatic heterocycles. The summed E-state index contributed by atoms with van der Waals surface area (Å²) in [6.45, 7) is 2.68. The Morgan fingerprint density at radius 1 is 1.21 bits per heavy atom. The Morgan fingerprint density at radius 3 is 2.75 bits per heavy atom. The Hall–Kier alpha value is -3.20. The third kappa shape index (κ3) is 3.36. The summed E-state index contributed by atoms with van der Waals surface area (Å²) in [5.74, 6) is -0.778. The largest absolute Gasteiger partial charge is 0.460 e. The third-order valence-electron chi connectivity index (χ3n) is 4.36. The molecule has 1 aliphatic rings. The maximum atomic E-state index is 12.5. The molecular formula is C19H17N3O5S. The quantitative estimate of drug-likeness (QED) is 0.677. The van der Waals surface area contributed by atoms with Gasteiger partial charge in [0.2, 0.25) is 5.82 Å². The first-order valence-corrected chi connectivity index (χ1v) is 9.55. The van der Waals surface area contributed by atoms with Crippen molar-refractivity contribution in [1.29, 1.82) is 0 Å². The summed E-state index contributed by atoms with van der Waals surface area (Å²) in [7, 11) is 0. The van der Waals surface area contributed by atoms with E-state index < -0.39 is 17.6 Å². The van der Waals surface area contributed by atoms with Gasteiger partial charge in [-0.25, -0.2) is 14.6 Å². The van der Waals surface area contributed by atoms with Gasteiger partial charge < -0.3 is 14.5 Å². The number of hydrogen-bond donors (Lipinski definition) is 1. The van der Waals surface area contributed by atoms with Gasteiger partial charge in [0.25, 0.3) is 5.56 Å². The topological polar surface area (TPSA) is 102 Å². The van der Waals surface area contributed by atoms with Crippen LogP contribution in [0.5, 0.6) is 0 Å². The van der Waals surface area contributed by atoms with E-state index in [2.05, 4.69) is 9.97 Å². The average molecular weight is 399 g/mol. The Kier molecular flexibility index (Phi) is 4.82. The lowest BCUT2D eigenvalue weighted by Crippen LogP contribution is -2.26. The zero-order chi connectivity index (χ0) is 19.7. The van der Waals surface area contributed by atoms with Gasteiger partial charge in [0.05, 0.1) is 25.1 Å². The molecular weight excluding hydrogens is 382 g/mol. The SMILES string of the molecule is CCOC(=O)c1nc2sc3c(c2c(=O)[nH]1)CN(C(=O)OCc1ccccc1)C3. The molecule has 0 atom stereocenters. The van der Waals surface area contributed by atoms with Crippen LogP contribution in [0, 0.1) is 0 Å². The molecule has 3 heterocycles. The summed E-state index contributed by atoms with van der Waals surface area (Å²) in [4.78, 5) is 46.2. The number of esters is 1. The van der Waals surface area contributed by atoms with Gasteiger partial charge in [-0.15, -0.1) is 11.3 Å². The zero-order valence-corrected chi connectivity index (χ0v) is 15.9. The molecule has 28 heavy (non-hydrogen) atoms. The van der Waals surface area contributed by atoms with E-state index in [9.17, 15) is 14.4 Å². The van der Waals surface area contributed by atoms with E-state index in [1.165, 1.54) is 11.3 Å². The number of carbonyl (C=O) groups excluding carboxylic acids is 2. The second-order valence-electron chi connectivity index (χ2n) is 6.22. The van der Waals surface area contributed by atoms with E-state index in [1.807, 2.05) is 30.3 Å². The van der Waals surface area contributed by atoms with Crippen molar-refractivity contribution in [2.75, 3.05) is 6.61 Å². The van der Waals surface area contributed by atoms with Gasteiger partial charge in [-0.2, -0.15) is 0 Å². The highest BCUT2D eigenvalue weighted by molar-refractivity contribution is 7.18. The Morgan fingerprint density at radius 2 is 2.00 bits per heavy atom. The number of nitrogens with one attached hydrogen (secondary N) is 1. The van der Waals surface area contributed by atoms with E-state index in [0.717, 1.165) is 16.0 Å². The predicted octanol–water partition coefficient (Wildman–Crippen LogP) is 2.81. The standard InChI is InChI=1S/C19H17N3O5S/c1-2-26-18(24)15-20-16(23)14-12-8-22(9-13(12)28-17(14)21-15)19(25)27-10-11-6-4-3-5-7-11/h3-7H,2,8-10H2,1H3,(H,20,21,23). The first kappa shape index (κ1) is 18.2. The second kappa shape index (κ2) is 7.43. The highest BCUT2D eigenvalue weighted by atomic mass is 32.1. The first-order chi connectivity index (χ1) is 13.6. The molecule has 144 valence electrons. The monoisotopic (exact) mass is 399 g/mol. The second-order valence-corrected chi connectivity index (χ2v) is 7.30. The summed E-state index contributed by atoms with van der Waals surface area (Å²) in [6.07, 6.45) is -0.437. The fourth-order valence-corrected chi connectivity index (χ4v) is 4.26. The minimum absolute atomic E-state index is 0.113. The van der Waals surface area contributed by atoms with Crippen LogP contribution >= 0.6 is 11.3 Å². The average Bonchev–Trinajstić information content (AvgIpc) is 3.24. The van der Waals surface area contributed by atoms with Crippen LogP contribution in [-0.4, -0.2) is 33.5 Å². The molecule has 0 saturated heterocycles. The van der Waals surface area contributed by atoms with Gasteiger partial charge in [-0.3, -0.25) is 9.69 Å². The number of fused-ring (bicyclic) bond motifs is 3. The lowest BCUT2D eigenvalue weighted by Gasteiger charge is -2.15. The van der Waals surface area contributed by atoms with Crippen LogP contribution in [0.3, 0.4) is 0 Å². The van der Waals surface area contributed by atoms with E-state index in [0.29, 0.717) is 16.8 Å². The molecule has 8 nitrogen and oxygen atoms in total. The highest BCUT2D eigenvalue weighted by Crippen LogP contribution is 2.35. The van der Waals surface area contributed by atoms with Crippen molar-refractivity contribution in [2.24, 2.45) is 0 Å². The fraction of sp³-hybridized carbons (Fsp3) is 0.263. The Bertz CT molecular complexity index is 1110. The van der Waals surface area contributed by atoms with Crippen molar-refractivity contribution in [3.05, 3.63) is 62.5 Å². The molecule has 1 N–H and O–H groups in total. The van der Waals surface area contributed by atoms with Crippen molar-refractivity contribution in [3.63, 3.8) is 0 Å². The van der Waals surface area contributed by atoms with Crippen LogP contribution < -0.4 is 5.56 Å². The number of amides is 1. The summed E-state index contributed by atoms with van der Waals surface area (Å²) >= 11 is 1.30. The van der Waals surface area contributed by atoms with Crippen LogP contribution in [0.4, 0.5) is 4.79 Å². The molecule has 2 aromatic heterocycles. The molecule has 0 fully saturated rings. The van der Waals surface area contributed by atoms with Crippen molar-refractivity contribution in [2.45, 2.75) is 26.6 Å². The molecule has 1 amide bonds. The molecule has 0 saturated carbocycles. The van der Waals surface area contributed by atoms with Gasteiger partial charge in [0.1, 0.15) is 11.4 Å². The predicted molar refractivity (Wildman–Crippen MR) is 102 cm³/mol. The smallest absolute Gasteiger partial charge is 0.410 e. The number of hydrogen-bond acceptors (Lipinski definition) is 7. The van der Waals surface area contributed by atoms with E-state index >= 15 is 0 Å². The summed E-state index contributed by atoms with van der Waals surface area (Å²) < 4.78 is 10.2. The lowest BCUT2D eigenvalue weighted by atomic mass is 10.2. The molecule has 9 heteroatoms. The van der Waals surface area contributed by atoms with Crippen LogP contribution in [-0.2, 0) is 29.2 Å². The van der Waals surface area contributed by atoms with Crippen LogP contribution in [0.15, 0.2) is 35.1 Å². The minimum Gasteiger partial charge on any atom is -0.460 e. The number of thiophene rings is 1. The highest BCUT2D eigenvalue weighted by Gasteiger charge is 2.30. The number of carbonyl (C=O) groups is 2. The number of aromatic amines is 1. The molecule has 0 radical (unpaired) electrons. The molecule has 3 aromatic rings. The maximum Gasteiger partial charge on any atom is 0.410 e. The zero-order valence-electron chi connectivity index (χ0n) is 15.1. The number of benzene rings is 1. The minimum atomic E-state index is -0.666. The van der Waals surface area contributed by atoms with Crippen LogP contribution in [0.1, 0.15) is 33.5 Å². The molecule has 0 aliphatic carbocycles. The summed E-state index contributed by atoms with van der Waals surface area (Å²) in [5.41, 5.74) is 1.24. The van der Waals surface area contributed by atoms with Gasteiger partial charge in [-0.05, 0) is 12.5 Å². The summed E-state index contributed by atoms with van der Waals surface area (Å²) in [5, 5.41) is 0.409. The maximum absolute atomic E-state index is 12.5. The van der Waals surface area contributed by atoms with Crippen LogP contribution in [0.2, 0.25) is 0 Å². The van der Waals surface area contributed by atoms with E-state index in [1.54, 1.807) is 11.8 Å². The van der Waals surface area contributed by atoms with Gasteiger partial charge in [0, 0.05) is 10.4 Å². The lowest BCUT2D eigenvalue weighted by molar-refractivity contribution is 0.0512. The van der Waals surface area contributed by atoms with Crippen molar-refractivity contribution in [1.82, 2.24) is 14.9 Å². The number of ether oxygens (including phenoxy) is 2. The molecule has 4 rings (SSSR count). The Labute approximate surface area is 163 Å². The fourth-order valence-electron chi connectivity index (χ4n) is 3.06. The van der Waals surface area contributed by atoms with E-state index in [-0.39, 0.29) is 25.6 Å². The molecule has 0 spiro atoms. The molecule has 1 aromatic carbocycles. The van der Waals surface area contributed by atoms with E-state index in [4.69, 9.17) is 9.47 Å². The van der Waals surface area contributed by atoms with Crippen molar-refractivity contribution in [3.8, 4) is 0 Å². The van der Waals surface area contributed by atoms with Gasteiger partial charge in [0.15, 0.2) is 0 Å². The van der Waals surface area contributed by atoms with Crippen LogP contribution in [0.25, 0.3) is 10.2 Å². The first-order valence-electron chi connectivity index (χ1n) is 8.74. The van der Waals surface area contributed by atoms with Gasteiger partial charge in [-0.1, -0.05) is 30.3 Å². The Balaban J connectivity index is 1.51. The van der Waals surface area contributed by atoms with Crippen molar-refractivity contribution < 1.29 is 19.1 Å². The summed E-state index contributed by atoms with van der Waals surface area (Å²) in [6, 6.07) is 9.43. The molecule has 0 unspecified atom stereocenters. The number of rotatable bonds is 4. The number of aromatic nitrogens is 2. The van der Waals surface area contributed by atoms with Crippen molar-refractivity contribution >= 4 is 33.6 Å². The molecule has 0 bridgehead atoms.